The molecule has 22 heavy (non-hydrogen) atoms. The molecular formula is C16H19N5S. The van der Waals surface area contributed by atoms with Crippen molar-refractivity contribution in [3.05, 3.63) is 39.9 Å². The van der Waals surface area contributed by atoms with Crippen molar-refractivity contribution in [3.8, 4) is 0 Å². The molecule has 1 aliphatic rings. The standard InChI is InChI=1S/C16H19N5S/c17-7-11-12(18)5-6-14-15(11)9-3-1-2-4-10(9)16(21-14)13(19)8-22-20/h5-8,17H,1-4,18-20H2/b13-8-,17-7?. The Morgan fingerprint density at radius 3 is 2.64 bits per heavy atom. The van der Waals surface area contributed by atoms with E-state index in [0.29, 0.717) is 11.4 Å². The van der Waals surface area contributed by atoms with Gasteiger partial charge in [0.15, 0.2) is 0 Å². The fraction of sp³-hybridized carbons (Fsp3) is 0.250. The first kappa shape index (κ1) is 14.9. The summed E-state index contributed by atoms with van der Waals surface area (Å²) in [4.78, 5) is 4.74. The van der Waals surface area contributed by atoms with Crippen LogP contribution < -0.4 is 16.6 Å². The first-order chi connectivity index (χ1) is 10.7. The van der Waals surface area contributed by atoms with Gasteiger partial charge in [-0.25, -0.2) is 4.98 Å². The first-order valence-corrected chi connectivity index (χ1v) is 8.17. The van der Waals surface area contributed by atoms with Gasteiger partial charge in [-0.2, -0.15) is 0 Å². The molecular weight excluding hydrogens is 294 g/mol. The lowest BCUT2D eigenvalue weighted by Crippen LogP contribution is -2.13. The second-order valence-corrected chi connectivity index (χ2v) is 5.95. The van der Waals surface area contributed by atoms with Gasteiger partial charge in [0.25, 0.3) is 0 Å². The Labute approximate surface area is 133 Å². The lowest BCUT2D eigenvalue weighted by atomic mass is 9.86. The van der Waals surface area contributed by atoms with Crippen LogP contribution in [-0.4, -0.2) is 11.2 Å². The van der Waals surface area contributed by atoms with E-state index in [-0.39, 0.29) is 0 Å². The number of nitrogen functional groups attached to an aromatic ring is 1. The maximum atomic E-state index is 7.70. The Bertz CT molecular complexity index is 782. The first-order valence-electron chi connectivity index (χ1n) is 7.23. The summed E-state index contributed by atoms with van der Waals surface area (Å²) in [6.07, 6.45) is 5.49. The molecule has 0 amide bonds. The van der Waals surface area contributed by atoms with Crippen LogP contribution in [0.3, 0.4) is 0 Å². The number of nitrogens with zero attached hydrogens (tertiary/aromatic N) is 1. The number of aromatic nitrogens is 1. The number of hydrogen-bond donors (Lipinski definition) is 4. The number of anilines is 1. The summed E-state index contributed by atoms with van der Waals surface area (Å²) in [5.41, 5.74) is 18.2. The summed E-state index contributed by atoms with van der Waals surface area (Å²) in [5, 5.41) is 15.9. The molecule has 5 nitrogen and oxygen atoms in total. The van der Waals surface area contributed by atoms with Crippen LogP contribution in [0.4, 0.5) is 5.69 Å². The molecule has 0 saturated heterocycles. The minimum Gasteiger partial charge on any atom is -0.398 e. The summed E-state index contributed by atoms with van der Waals surface area (Å²) < 4.78 is 0. The average molecular weight is 313 g/mol. The van der Waals surface area contributed by atoms with Crippen molar-refractivity contribution in [2.75, 3.05) is 5.73 Å². The van der Waals surface area contributed by atoms with Gasteiger partial charge in [0, 0.05) is 28.3 Å². The molecule has 1 aromatic carbocycles. The molecule has 0 spiro atoms. The quantitative estimate of drug-likeness (QED) is 0.395. The average Bonchev–Trinajstić information content (AvgIpc) is 2.54. The highest BCUT2D eigenvalue weighted by molar-refractivity contribution is 8.00. The van der Waals surface area contributed by atoms with Gasteiger partial charge >= 0.3 is 0 Å². The predicted octanol–water partition coefficient (Wildman–Crippen LogP) is 2.56. The molecule has 7 N–H and O–H groups in total. The molecule has 1 aliphatic carbocycles. The van der Waals surface area contributed by atoms with Crippen LogP contribution in [0.15, 0.2) is 17.5 Å². The van der Waals surface area contributed by atoms with Gasteiger partial charge in [-0.05, 0) is 48.9 Å². The highest BCUT2D eigenvalue weighted by Crippen LogP contribution is 2.35. The van der Waals surface area contributed by atoms with Crippen molar-refractivity contribution in [2.24, 2.45) is 10.9 Å². The zero-order chi connectivity index (χ0) is 15.7. The zero-order valence-electron chi connectivity index (χ0n) is 12.2. The Balaban J connectivity index is 2.40. The number of rotatable bonds is 3. The van der Waals surface area contributed by atoms with Crippen LogP contribution in [0.5, 0.6) is 0 Å². The normalized spacial score (nSPS) is 14.9. The molecule has 0 saturated carbocycles. The van der Waals surface area contributed by atoms with E-state index in [1.165, 1.54) is 17.3 Å². The third kappa shape index (κ3) is 2.34. The van der Waals surface area contributed by atoms with Crippen LogP contribution in [0.2, 0.25) is 0 Å². The fourth-order valence-corrected chi connectivity index (χ4v) is 3.45. The molecule has 3 rings (SSSR count). The van der Waals surface area contributed by atoms with E-state index in [2.05, 4.69) is 0 Å². The molecule has 114 valence electrons. The minimum absolute atomic E-state index is 0.598. The molecule has 6 heteroatoms. The van der Waals surface area contributed by atoms with Crippen LogP contribution in [0.25, 0.3) is 16.6 Å². The maximum absolute atomic E-state index is 7.70. The number of hydrogen-bond acceptors (Lipinski definition) is 6. The van der Waals surface area contributed by atoms with Gasteiger partial charge in [0.1, 0.15) is 0 Å². The van der Waals surface area contributed by atoms with Crippen LogP contribution in [0.1, 0.15) is 35.2 Å². The highest BCUT2D eigenvalue weighted by Gasteiger charge is 2.21. The van der Waals surface area contributed by atoms with Crippen LogP contribution in [0, 0.1) is 5.41 Å². The Hall–Kier alpha value is -2.05. The van der Waals surface area contributed by atoms with Gasteiger partial charge < -0.3 is 16.9 Å². The fourth-order valence-electron chi connectivity index (χ4n) is 3.19. The van der Waals surface area contributed by atoms with Gasteiger partial charge in [-0.15, -0.1) is 0 Å². The summed E-state index contributed by atoms with van der Waals surface area (Å²) in [6, 6.07) is 3.70. The second kappa shape index (κ2) is 5.98. The van der Waals surface area contributed by atoms with Gasteiger partial charge in [0.2, 0.25) is 0 Å². The molecule has 0 unspecified atom stereocenters. The minimum atomic E-state index is 0.598. The van der Waals surface area contributed by atoms with Crippen LogP contribution >= 0.6 is 11.9 Å². The molecule has 2 aromatic rings. The molecule has 0 bridgehead atoms. The molecule has 1 aromatic heterocycles. The summed E-state index contributed by atoms with van der Waals surface area (Å²) >= 11 is 1.09. The SMILES string of the molecule is N=Cc1c(N)ccc2nc(/C(N)=C/SN)c3c(c12)CCCC3. The number of aryl methyl sites for hydroxylation is 1. The summed E-state index contributed by atoms with van der Waals surface area (Å²) in [7, 11) is 0. The number of fused-ring (bicyclic) bond motifs is 3. The molecule has 0 fully saturated rings. The lowest BCUT2D eigenvalue weighted by Gasteiger charge is -2.22. The monoisotopic (exact) mass is 313 g/mol. The van der Waals surface area contributed by atoms with E-state index in [9.17, 15) is 0 Å². The number of benzene rings is 1. The Morgan fingerprint density at radius 2 is 1.95 bits per heavy atom. The number of nitrogens with two attached hydrogens (primary N) is 3. The van der Waals surface area contributed by atoms with E-state index < -0.39 is 0 Å². The van der Waals surface area contributed by atoms with Crippen molar-refractivity contribution in [2.45, 2.75) is 25.7 Å². The van der Waals surface area contributed by atoms with E-state index in [0.717, 1.165) is 59.8 Å². The molecule has 0 radical (unpaired) electrons. The number of pyridine rings is 1. The lowest BCUT2D eigenvalue weighted by molar-refractivity contribution is 0.685. The third-order valence-electron chi connectivity index (χ3n) is 4.16. The van der Waals surface area contributed by atoms with Crippen molar-refractivity contribution >= 4 is 40.4 Å². The Kier molecular flexibility index (Phi) is 4.04. The van der Waals surface area contributed by atoms with E-state index in [1.54, 1.807) is 11.5 Å². The van der Waals surface area contributed by atoms with Crippen molar-refractivity contribution in [1.82, 2.24) is 4.98 Å². The van der Waals surface area contributed by atoms with Crippen molar-refractivity contribution in [3.63, 3.8) is 0 Å². The van der Waals surface area contributed by atoms with E-state index in [4.69, 9.17) is 27.0 Å². The van der Waals surface area contributed by atoms with Gasteiger partial charge in [0.05, 0.1) is 16.9 Å². The van der Waals surface area contributed by atoms with E-state index in [1.807, 2.05) is 6.07 Å². The maximum Gasteiger partial charge on any atom is 0.0907 e. The second-order valence-electron chi connectivity index (χ2n) is 5.44. The van der Waals surface area contributed by atoms with Gasteiger partial charge in [-0.1, -0.05) is 11.9 Å². The largest absolute Gasteiger partial charge is 0.398 e. The molecule has 0 aliphatic heterocycles. The van der Waals surface area contributed by atoms with E-state index >= 15 is 0 Å². The van der Waals surface area contributed by atoms with Crippen molar-refractivity contribution in [1.29, 1.82) is 5.41 Å². The Morgan fingerprint density at radius 1 is 1.23 bits per heavy atom. The van der Waals surface area contributed by atoms with Crippen LogP contribution in [-0.2, 0) is 12.8 Å². The van der Waals surface area contributed by atoms with Crippen molar-refractivity contribution < 1.29 is 0 Å². The highest BCUT2D eigenvalue weighted by atomic mass is 32.2. The molecule has 1 heterocycles. The summed E-state index contributed by atoms with van der Waals surface area (Å²) in [6.45, 7) is 0. The zero-order valence-corrected chi connectivity index (χ0v) is 13.0. The molecule has 0 atom stereocenters. The number of nitrogens with one attached hydrogen (secondary N) is 1. The summed E-state index contributed by atoms with van der Waals surface area (Å²) in [5.74, 6) is 0. The topological polar surface area (TPSA) is 115 Å². The third-order valence-corrected chi connectivity index (χ3v) is 4.55. The predicted molar refractivity (Wildman–Crippen MR) is 94.6 cm³/mol. The smallest absolute Gasteiger partial charge is 0.0907 e. The van der Waals surface area contributed by atoms with Gasteiger partial charge in [-0.3, -0.25) is 5.14 Å².